The van der Waals surface area contributed by atoms with Gasteiger partial charge in [0.25, 0.3) is 0 Å². The number of amides is 3. The Morgan fingerprint density at radius 2 is 1.91 bits per heavy atom. The molecule has 1 aromatic rings. The second-order valence-corrected chi connectivity index (χ2v) is 4.88. The number of hydrazone groups is 1. The standard InChI is InChI=1S/C14H17ClN4O4/c1-9(18-19-14(23)13(22)16-6-7-20)8-12(21)17-11-5-3-2-4-10(11)15/h2-5,20H,6-8H2,1H3,(H,16,22)(H,17,21)(H,19,23)/b18-9-. The Hall–Kier alpha value is -2.45. The molecule has 4 N–H and O–H groups in total. The Labute approximate surface area is 137 Å². The Balaban J connectivity index is 2.47. The third kappa shape index (κ3) is 6.90. The van der Waals surface area contributed by atoms with Crippen LogP contribution in [-0.4, -0.2) is 41.7 Å². The zero-order valence-electron chi connectivity index (χ0n) is 12.4. The minimum atomic E-state index is -0.982. The minimum Gasteiger partial charge on any atom is -0.395 e. The minimum absolute atomic E-state index is 0.0325. The predicted molar refractivity (Wildman–Crippen MR) is 86.0 cm³/mol. The summed E-state index contributed by atoms with van der Waals surface area (Å²) in [7, 11) is 0. The number of benzene rings is 1. The second-order valence-electron chi connectivity index (χ2n) is 4.47. The van der Waals surface area contributed by atoms with Crippen molar-refractivity contribution in [3.63, 3.8) is 0 Å². The fourth-order valence-corrected chi connectivity index (χ4v) is 1.66. The number of hydrogen-bond acceptors (Lipinski definition) is 5. The van der Waals surface area contributed by atoms with Gasteiger partial charge in [0.05, 0.1) is 23.7 Å². The third-order valence-corrected chi connectivity index (χ3v) is 2.85. The lowest BCUT2D eigenvalue weighted by molar-refractivity contribution is -0.139. The zero-order chi connectivity index (χ0) is 17.2. The number of halogens is 1. The average molecular weight is 341 g/mol. The maximum Gasteiger partial charge on any atom is 0.329 e. The van der Waals surface area contributed by atoms with E-state index in [4.69, 9.17) is 16.7 Å². The quantitative estimate of drug-likeness (QED) is 0.337. The van der Waals surface area contributed by atoms with Crippen LogP contribution in [0.4, 0.5) is 5.69 Å². The van der Waals surface area contributed by atoms with E-state index < -0.39 is 11.8 Å². The van der Waals surface area contributed by atoms with Gasteiger partial charge >= 0.3 is 11.8 Å². The van der Waals surface area contributed by atoms with Gasteiger partial charge in [-0.1, -0.05) is 23.7 Å². The molecule has 0 atom stereocenters. The molecule has 0 aromatic heterocycles. The first-order valence-electron chi connectivity index (χ1n) is 6.70. The lowest BCUT2D eigenvalue weighted by atomic mass is 10.2. The fraction of sp³-hybridized carbons (Fsp3) is 0.286. The predicted octanol–water partition coefficient (Wildman–Crippen LogP) is 0.269. The molecule has 0 aliphatic heterocycles. The number of aliphatic hydroxyl groups is 1. The summed E-state index contributed by atoms with van der Waals surface area (Å²) in [5, 5.41) is 17.4. The van der Waals surface area contributed by atoms with E-state index in [0.29, 0.717) is 16.4 Å². The van der Waals surface area contributed by atoms with Crippen molar-refractivity contribution >= 4 is 40.7 Å². The molecular weight excluding hydrogens is 324 g/mol. The molecule has 0 saturated heterocycles. The molecule has 3 amide bonds. The van der Waals surface area contributed by atoms with Crippen LogP contribution >= 0.6 is 11.6 Å². The van der Waals surface area contributed by atoms with Gasteiger partial charge in [-0.3, -0.25) is 14.4 Å². The molecule has 0 saturated carbocycles. The van der Waals surface area contributed by atoms with Crippen molar-refractivity contribution in [1.29, 1.82) is 0 Å². The van der Waals surface area contributed by atoms with Gasteiger partial charge in [-0.15, -0.1) is 0 Å². The fourth-order valence-electron chi connectivity index (χ4n) is 1.48. The van der Waals surface area contributed by atoms with Crippen molar-refractivity contribution in [2.75, 3.05) is 18.5 Å². The lowest BCUT2D eigenvalue weighted by Gasteiger charge is -2.07. The van der Waals surface area contributed by atoms with Crippen molar-refractivity contribution in [3.8, 4) is 0 Å². The molecule has 0 unspecified atom stereocenters. The highest BCUT2D eigenvalue weighted by atomic mass is 35.5. The first kappa shape index (κ1) is 18.6. The maximum atomic E-state index is 11.8. The molecule has 0 aliphatic rings. The normalized spacial score (nSPS) is 10.8. The molecule has 0 fully saturated rings. The van der Waals surface area contributed by atoms with E-state index in [1.165, 1.54) is 6.92 Å². The monoisotopic (exact) mass is 340 g/mol. The van der Waals surface area contributed by atoms with Crippen LogP contribution in [0.3, 0.4) is 0 Å². The molecular formula is C14H17ClN4O4. The first-order chi connectivity index (χ1) is 10.9. The highest BCUT2D eigenvalue weighted by Crippen LogP contribution is 2.20. The SMILES string of the molecule is C/C(CC(=O)Nc1ccccc1Cl)=N/NC(=O)C(=O)NCCO. The number of nitrogens with one attached hydrogen (secondary N) is 3. The van der Waals surface area contributed by atoms with E-state index >= 15 is 0 Å². The molecule has 1 aromatic carbocycles. The topological polar surface area (TPSA) is 120 Å². The number of anilines is 1. The summed E-state index contributed by atoms with van der Waals surface area (Å²) in [4.78, 5) is 34.4. The van der Waals surface area contributed by atoms with E-state index in [-0.39, 0.29) is 25.5 Å². The molecule has 0 bridgehead atoms. The number of carbonyl (C=O) groups is 3. The van der Waals surface area contributed by atoms with Gasteiger partial charge in [0.1, 0.15) is 0 Å². The van der Waals surface area contributed by atoms with Crippen LogP contribution in [0.5, 0.6) is 0 Å². The van der Waals surface area contributed by atoms with Crippen LogP contribution in [0.25, 0.3) is 0 Å². The van der Waals surface area contributed by atoms with Gasteiger partial charge in [0, 0.05) is 12.3 Å². The summed E-state index contributed by atoms with van der Waals surface area (Å²) >= 11 is 5.92. The summed E-state index contributed by atoms with van der Waals surface area (Å²) in [6, 6.07) is 6.76. The smallest absolute Gasteiger partial charge is 0.329 e. The van der Waals surface area contributed by atoms with Crippen LogP contribution in [0.2, 0.25) is 5.02 Å². The number of carbonyl (C=O) groups excluding carboxylic acids is 3. The zero-order valence-corrected chi connectivity index (χ0v) is 13.2. The Kier molecular flexibility index (Phi) is 7.72. The van der Waals surface area contributed by atoms with Crippen LogP contribution < -0.4 is 16.1 Å². The average Bonchev–Trinajstić information content (AvgIpc) is 2.52. The molecule has 1 rings (SSSR count). The van der Waals surface area contributed by atoms with Crippen LogP contribution in [0.15, 0.2) is 29.4 Å². The number of rotatable bonds is 6. The van der Waals surface area contributed by atoms with Gasteiger partial charge in [-0.2, -0.15) is 5.10 Å². The third-order valence-electron chi connectivity index (χ3n) is 2.52. The van der Waals surface area contributed by atoms with Crippen molar-refractivity contribution in [2.45, 2.75) is 13.3 Å². The number of para-hydroxylation sites is 1. The highest BCUT2D eigenvalue weighted by molar-refractivity contribution is 6.35. The van der Waals surface area contributed by atoms with Gasteiger partial charge in [0.15, 0.2) is 0 Å². The van der Waals surface area contributed by atoms with E-state index in [2.05, 4.69) is 15.7 Å². The molecule has 0 spiro atoms. The van der Waals surface area contributed by atoms with Gasteiger partial charge in [0.2, 0.25) is 5.91 Å². The summed E-state index contributed by atoms with van der Waals surface area (Å²) < 4.78 is 0. The van der Waals surface area contributed by atoms with Crippen LogP contribution in [0.1, 0.15) is 13.3 Å². The van der Waals surface area contributed by atoms with Crippen LogP contribution in [-0.2, 0) is 14.4 Å². The lowest BCUT2D eigenvalue weighted by Crippen LogP contribution is -2.39. The first-order valence-corrected chi connectivity index (χ1v) is 7.08. The summed E-state index contributed by atoms with van der Waals surface area (Å²) in [6.45, 7) is 1.22. The Bertz CT molecular complexity index is 619. The second kappa shape index (κ2) is 9.54. The molecule has 23 heavy (non-hydrogen) atoms. The van der Waals surface area contributed by atoms with E-state index in [9.17, 15) is 14.4 Å². The van der Waals surface area contributed by atoms with E-state index in [1.54, 1.807) is 24.3 Å². The van der Waals surface area contributed by atoms with Gasteiger partial charge < -0.3 is 15.7 Å². The highest BCUT2D eigenvalue weighted by Gasteiger charge is 2.12. The van der Waals surface area contributed by atoms with Crippen molar-refractivity contribution in [2.24, 2.45) is 5.10 Å². The van der Waals surface area contributed by atoms with Gasteiger partial charge in [-0.05, 0) is 19.1 Å². The van der Waals surface area contributed by atoms with Crippen LogP contribution in [0, 0.1) is 0 Å². The molecule has 9 heteroatoms. The molecule has 0 heterocycles. The van der Waals surface area contributed by atoms with E-state index in [1.807, 2.05) is 5.43 Å². The van der Waals surface area contributed by atoms with Crippen molar-refractivity contribution < 1.29 is 19.5 Å². The Morgan fingerprint density at radius 1 is 1.22 bits per heavy atom. The molecule has 0 radical (unpaired) electrons. The van der Waals surface area contributed by atoms with E-state index in [0.717, 1.165) is 0 Å². The molecule has 8 nitrogen and oxygen atoms in total. The Morgan fingerprint density at radius 3 is 2.57 bits per heavy atom. The number of aliphatic hydroxyl groups excluding tert-OH is 1. The number of hydrogen-bond donors (Lipinski definition) is 4. The summed E-state index contributed by atoms with van der Waals surface area (Å²) in [5.41, 5.74) is 2.80. The van der Waals surface area contributed by atoms with Crippen molar-refractivity contribution in [1.82, 2.24) is 10.7 Å². The molecule has 0 aliphatic carbocycles. The number of nitrogens with zero attached hydrogens (tertiary/aromatic N) is 1. The summed E-state index contributed by atoms with van der Waals surface area (Å²) in [6.07, 6.45) is -0.0796. The molecule has 124 valence electrons. The summed E-state index contributed by atoms with van der Waals surface area (Å²) in [5.74, 6) is -2.27. The maximum absolute atomic E-state index is 11.8. The van der Waals surface area contributed by atoms with Crippen molar-refractivity contribution in [3.05, 3.63) is 29.3 Å². The van der Waals surface area contributed by atoms with Gasteiger partial charge in [-0.25, -0.2) is 5.43 Å². The largest absolute Gasteiger partial charge is 0.395 e.